The van der Waals surface area contributed by atoms with Gasteiger partial charge in [-0.3, -0.25) is 4.98 Å². The lowest BCUT2D eigenvalue weighted by Crippen LogP contribution is -2.12. The number of benzene rings is 2. The Bertz CT molecular complexity index is 830. The molecule has 4 nitrogen and oxygen atoms in total. The van der Waals surface area contributed by atoms with Crippen molar-refractivity contribution in [2.75, 3.05) is 13.2 Å². The lowest BCUT2D eigenvalue weighted by molar-refractivity contribution is 0.0453. The number of aromatic nitrogens is 1. The number of halogens is 1. The van der Waals surface area contributed by atoms with Gasteiger partial charge in [0.15, 0.2) is 0 Å². The summed E-state index contributed by atoms with van der Waals surface area (Å²) < 4.78 is 10.8. The van der Waals surface area contributed by atoms with E-state index in [9.17, 15) is 4.79 Å². The Kier molecular flexibility index (Phi) is 4.74. The molecule has 3 aromatic rings. The predicted octanol–water partition coefficient (Wildman–Crippen LogP) is 4.12. The van der Waals surface area contributed by atoms with Crippen LogP contribution in [0.5, 0.6) is 5.75 Å². The highest BCUT2D eigenvalue weighted by molar-refractivity contribution is 6.32. The van der Waals surface area contributed by atoms with E-state index < -0.39 is 0 Å². The van der Waals surface area contributed by atoms with E-state index >= 15 is 0 Å². The number of rotatable bonds is 5. The molecule has 0 atom stereocenters. The topological polar surface area (TPSA) is 48.4 Å². The molecule has 0 saturated heterocycles. The molecule has 1 heterocycles. The standard InChI is InChI=1S/C18H14ClNO3/c19-16-6-1-2-7-17(16)22-10-11-23-18(21)15-5-3-4-13-12-20-9-8-14(13)15/h1-9,12H,10-11H2. The van der Waals surface area contributed by atoms with E-state index in [1.165, 1.54) is 0 Å². The first kappa shape index (κ1) is 15.3. The van der Waals surface area contributed by atoms with Crippen LogP contribution < -0.4 is 4.74 Å². The van der Waals surface area contributed by atoms with Gasteiger partial charge in [-0.15, -0.1) is 0 Å². The van der Waals surface area contributed by atoms with Crippen LogP contribution in [0.1, 0.15) is 10.4 Å². The summed E-state index contributed by atoms with van der Waals surface area (Å²) in [6.07, 6.45) is 3.37. The lowest BCUT2D eigenvalue weighted by atomic mass is 10.1. The van der Waals surface area contributed by atoms with Crippen LogP contribution in [0.3, 0.4) is 0 Å². The van der Waals surface area contributed by atoms with Gasteiger partial charge in [-0.25, -0.2) is 4.79 Å². The van der Waals surface area contributed by atoms with Crippen LogP contribution in [-0.4, -0.2) is 24.2 Å². The van der Waals surface area contributed by atoms with Crippen LogP contribution in [0.15, 0.2) is 60.9 Å². The van der Waals surface area contributed by atoms with Crippen LogP contribution in [-0.2, 0) is 4.74 Å². The normalized spacial score (nSPS) is 10.5. The Morgan fingerprint density at radius 2 is 1.91 bits per heavy atom. The van der Waals surface area contributed by atoms with Crippen molar-refractivity contribution < 1.29 is 14.3 Å². The highest BCUT2D eigenvalue weighted by Crippen LogP contribution is 2.23. The number of hydrogen-bond acceptors (Lipinski definition) is 4. The van der Waals surface area contributed by atoms with Gasteiger partial charge in [0.05, 0.1) is 10.6 Å². The Morgan fingerprint density at radius 1 is 1.04 bits per heavy atom. The molecule has 0 radical (unpaired) electrons. The Hall–Kier alpha value is -2.59. The minimum absolute atomic E-state index is 0.144. The van der Waals surface area contributed by atoms with Crippen molar-refractivity contribution in [3.63, 3.8) is 0 Å². The number of carbonyl (C=O) groups is 1. The highest BCUT2D eigenvalue weighted by Gasteiger charge is 2.11. The third-order valence-corrected chi connectivity index (χ3v) is 3.62. The second-order valence-electron chi connectivity index (χ2n) is 4.82. The fraction of sp³-hybridized carbons (Fsp3) is 0.111. The molecule has 5 heteroatoms. The summed E-state index contributed by atoms with van der Waals surface area (Å²) in [5, 5.41) is 2.24. The molecule has 0 N–H and O–H groups in total. The first-order valence-corrected chi connectivity index (χ1v) is 7.51. The maximum absolute atomic E-state index is 12.2. The molecule has 23 heavy (non-hydrogen) atoms. The summed E-state index contributed by atoms with van der Waals surface area (Å²) in [4.78, 5) is 16.3. The number of nitrogens with zero attached hydrogens (tertiary/aromatic N) is 1. The number of para-hydroxylation sites is 1. The van der Waals surface area contributed by atoms with Crippen LogP contribution in [0.2, 0.25) is 5.02 Å². The van der Waals surface area contributed by atoms with Gasteiger partial charge in [-0.2, -0.15) is 0 Å². The molecule has 0 unspecified atom stereocenters. The third kappa shape index (κ3) is 3.60. The van der Waals surface area contributed by atoms with Crippen LogP contribution in [0.4, 0.5) is 0 Å². The van der Waals surface area contributed by atoms with Gasteiger partial charge < -0.3 is 9.47 Å². The van der Waals surface area contributed by atoms with Gasteiger partial charge in [-0.1, -0.05) is 35.9 Å². The fourth-order valence-electron chi connectivity index (χ4n) is 2.23. The van der Waals surface area contributed by atoms with Gasteiger partial charge in [0.1, 0.15) is 19.0 Å². The van der Waals surface area contributed by atoms with Crippen molar-refractivity contribution in [3.8, 4) is 5.75 Å². The molecule has 3 rings (SSSR count). The molecular weight excluding hydrogens is 314 g/mol. The monoisotopic (exact) mass is 327 g/mol. The van der Waals surface area contributed by atoms with Gasteiger partial charge in [0.25, 0.3) is 0 Å². The van der Waals surface area contributed by atoms with E-state index in [1.54, 1.807) is 42.7 Å². The molecule has 0 fully saturated rings. The molecule has 1 aromatic heterocycles. The molecule has 0 bridgehead atoms. The Labute approximate surface area is 138 Å². The number of carbonyl (C=O) groups excluding carboxylic acids is 1. The molecule has 2 aromatic carbocycles. The SMILES string of the molecule is O=C(OCCOc1ccccc1Cl)c1cccc2cnccc12. The zero-order valence-corrected chi connectivity index (χ0v) is 13.0. The number of ether oxygens (including phenoxy) is 2. The second kappa shape index (κ2) is 7.11. The van der Waals surface area contributed by atoms with E-state index in [0.717, 1.165) is 10.8 Å². The first-order chi connectivity index (χ1) is 11.3. The van der Waals surface area contributed by atoms with Crippen molar-refractivity contribution in [1.29, 1.82) is 0 Å². The summed E-state index contributed by atoms with van der Waals surface area (Å²) >= 11 is 5.99. The summed E-state index contributed by atoms with van der Waals surface area (Å²) in [6, 6.07) is 14.4. The van der Waals surface area contributed by atoms with Gasteiger partial charge in [0, 0.05) is 17.8 Å². The Morgan fingerprint density at radius 3 is 2.78 bits per heavy atom. The average molecular weight is 328 g/mol. The molecule has 0 saturated carbocycles. The van der Waals surface area contributed by atoms with Crippen molar-refractivity contribution in [1.82, 2.24) is 4.98 Å². The maximum atomic E-state index is 12.2. The third-order valence-electron chi connectivity index (χ3n) is 3.31. The lowest BCUT2D eigenvalue weighted by Gasteiger charge is -2.09. The molecule has 116 valence electrons. The summed E-state index contributed by atoms with van der Waals surface area (Å²) in [5.41, 5.74) is 0.516. The minimum Gasteiger partial charge on any atom is -0.488 e. The van der Waals surface area contributed by atoms with E-state index in [-0.39, 0.29) is 19.2 Å². The largest absolute Gasteiger partial charge is 0.488 e. The second-order valence-corrected chi connectivity index (χ2v) is 5.22. The number of fused-ring (bicyclic) bond motifs is 1. The summed E-state index contributed by atoms with van der Waals surface area (Å²) in [6.45, 7) is 0.382. The van der Waals surface area contributed by atoms with E-state index in [1.807, 2.05) is 18.2 Å². The average Bonchev–Trinajstić information content (AvgIpc) is 2.59. The maximum Gasteiger partial charge on any atom is 0.338 e. The van der Waals surface area contributed by atoms with Crippen molar-refractivity contribution in [2.24, 2.45) is 0 Å². The van der Waals surface area contributed by atoms with E-state index in [0.29, 0.717) is 16.3 Å². The number of hydrogen-bond donors (Lipinski definition) is 0. The van der Waals surface area contributed by atoms with E-state index in [4.69, 9.17) is 21.1 Å². The fourth-order valence-corrected chi connectivity index (χ4v) is 2.42. The van der Waals surface area contributed by atoms with Gasteiger partial charge in [0.2, 0.25) is 0 Å². The molecular formula is C18H14ClNO3. The van der Waals surface area contributed by atoms with Crippen molar-refractivity contribution >= 4 is 28.3 Å². The highest BCUT2D eigenvalue weighted by atomic mass is 35.5. The quantitative estimate of drug-likeness (QED) is 0.522. The van der Waals surface area contributed by atoms with Crippen molar-refractivity contribution in [2.45, 2.75) is 0 Å². The summed E-state index contributed by atoms with van der Waals surface area (Å²) in [7, 11) is 0. The summed E-state index contributed by atoms with van der Waals surface area (Å²) in [5.74, 6) is 0.186. The van der Waals surface area contributed by atoms with Crippen LogP contribution >= 0.6 is 11.6 Å². The zero-order valence-electron chi connectivity index (χ0n) is 12.2. The van der Waals surface area contributed by atoms with E-state index in [2.05, 4.69) is 4.98 Å². The molecule has 0 aliphatic carbocycles. The van der Waals surface area contributed by atoms with Crippen LogP contribution in [0, 0.1) is 0 Å². The predicted molar refractivity (Wildman–Crippen MR) is 89.0 cm³/mol. The van der Waals surface area contributed by atoms with Gasteiger partial charge >= 0.3 is 5.97 Å². The van der Waals surface area contributed by atoms with Crippen molar-refractivity contribution in [3.05, 3.63) is 71.5 Å². The first-order valence-electron chi connectivity index (χ1n) is 7.13. The minimum atomic E-state index is -0.385. The van der Waals surface area contributed by atoms with Crippen LogP contribution in [0.25, 0.3) is 10.8 Å². The number of esters is 1. The molecule has 0 amide bonds. The number of pyridine rings is 1. The zero-order chi connectivity index (χ0) is 16.1. The molecule has 0 aliphatic heterocycles. The molecule has 0 aliphatic rings. The smallest absolute Gasteiger partial charge is 0.338 e. The molecule has 0 spiro atoms. The Balaban J connectivity index is 1.60. The van der Waals surface area contributed by atoms with Gasteiger partial charge in [-0.05, 0) is 29.7 Å².